The molecule has 2 aliphatic heterocycles. The topological polar surface area (TPSA) is 15.3 Å². The largest absolute Gasteiger partial charge is 0.309 e. The molecule has 2 heteroatoms. The monoisotopic (exact) mass is 214 g/mol. The van der Waals surface area contributed by atoms with Crippen LogP contribution in [-0.4, -0.2) is 18.0 Å². The van der Waals surface area contributed by atoms with Crippen molar-refractivity contribution in [3.63, 3.8) is 0 Å². The van der Waals surface area contributed by atoms with E-state index < -0.39 is 0 Å². The fourth-order valence-electron chi connectivity index (χ4n) is 2.54. The van der Waals surface area contributed by atoms with E-state index in [4.69, 9.17) is 0 Å². The van der Waals surface area contributed by atoms with E-state index >= 15 is 0 Å². The Hall–Kier alpha value is -1.12. The summed E-state index contributed by atoms with van der Waals surface area (Å²) in [5, 5.41) is 3.39. The minimum absolute atomic E-state index is 1.04. The predicted molar refractivity (Wildman–Crippen MR) is 66.0 cm³/mol. The van der Waals surface area contributed by atoms with Crippen LogP contribution in [0.15, 0.2) is 30.4 Å². The highest BCUT2D eigenvalue weighted by atomic mass is 15.1. The molecule has 0 saturated carbocycles. The molecule has 0 saturated heterocycles. The summed E-state index contributed by atoms with van der Waals surface area (Å²) in [5.74, 6) is 0. The first-order valence-corrected chi connectivity index (χ1v) is 6.10. The van der Waals surface area contributed by atoms with Crippen LogP contribution in [0.5, 0.6) is 0 Å². The lowest BCUT2D eigenvalue weighted by Gasteiger charge is -2.23. The van der Waals surface area contributed by atoms with Crippen molar-refractivity contribution in [3.05, 3.63) is 47.0 Å². The smallest absolute Gasteiger partial charge is 0.0237 e. The van der Waals surface area contributed by atoms with Crippen LogP contribution >= 0.6 is 0 Å². The maximum atomic E-state index is 3.39. The van der Waals surface area contributed by atoms with Crippen LogP contribution < -0.4 is 5.32 Å². The van der Waals surface area contributed by atoms with Crippen molar-refractivity contribution >= 4 is 0 Å². The van der Waals surface area contributed by atoms with E-state index in [1.165, 1.54) is 29.7 Å². The van der Waals surface area contributed by atoms with Crippen LogP contribution in [0.1, 0.15) is 23.1 Å². The minimum atomic E-state index is 1.04. The molecule has 0 unspecified atom stereocenters. The number of hydrogen-bond acceptors (Lipinski definition) is 2. The molecule has 0 aliphatic carbocycles. The van der Waals surface area contributed by atoms with Crippen LogP contribution in [0, 0.1) is 0 Å². The van der Waals surface area contributed by atoms with Gasteiger partial charge in [0.25, 0.3) is 0 Å². The molecule has 0 radical (unpaired) electrons. The Bertz CT molecular complexity index is 409. The lowest BCUT2D eigenvalue weighted by atomic mass is 10.1. The fourth-order valence-corrected chi connectivity index (χ4v) is 2.54. The maximum Gasteiger partial charge on any atom is 0.0237 e. The van der Waals surface area contributed by atoms with Crippen molar-refractivity contribution in [2.75, 3.05) is 13.1 Å². The molecule has 0 aromatic heterocycles. The van der Waals surface area contributed by atoms with Crippen molar-refractivity contribution < 1.29 is 0 Å². The summed E-state index contributed by atoms with van der Waals surface area (Å²) >= 11 is 0. The van der Waals surface area contributed by atoms with Crippen molar-refractivity contribution in [2.24, 2.45) is 0 Å². The summed E-state index contributed by atoms with van der Waals surface area (Å²) < 4.78 is 0. The standard InChI is InChI=1S/C14H18N2/c1-2-6-16(7-3-1)11-12-4-5-13-9-15-10-14(13)8-12/h1-2,4-5,8,15H,3,6-7,9-11H2. The third-order valence-electron chi connectivity index (χ3n) is 3.45. The zero-order chi connectivity index (χ0) is 10.8. The average molecular weight is 214 g/mol. The van der Waals surface area contributed by atoms with Crippen molar-refractivity contribution in [1.82, 2.24) is 10.2 Å². The van der Waals surface area contributed by atoms with Gasteiger partial charge < -0.3 is 5.32 Å². The van der Waals surface area contributed by atoms with E-state index in [9.17, 15) is 0 Å². The Balaban J connectivity index is 1.72. The molecule has 0 bridgehead atoms. The van der Waals surface area contributed by atoms with E-state index in [1.54, 1.807) is 0 Å². The molecule has 0 spiro atoms. The van der Waals surface area contributed by atoms with Gasteiger partial charge in [-0.2, -0.15) is 0 Å². The summed E-state index contributed by atoms with van der Waals surface area (Å²) in [6.07, 6.45) is 5.76. The van der Waals surface area contributed by atoms with Gasteiger partial charge in [-0.25, -0.2) is 0 Å². The Morgan fingerprint density at radius 1 is 1.12 bits per heavy atom. The third-order valence-corrected chi connectivity index (χ3v) is 3.45. The van der Waals surface area contributed by atoms with E-state index in [1.807, 2.05) is 0 Å². The van der Waals surface area contributed by atoms with E-state index in [0.717, 1.165) is 26.2 Å². The van der Waals surface area contributed by atoms with Crippen molar-refractivity contribution in [3.8, 4) is 0 Å². The normalized spacial score (nSPS) is 20.0. The van der Waals surface area contributed by atoms with Gasteiger partial charge in [-0.1, -0.05) is 30.4 Å². The molecular weight excluding hydrogens is 196 g/mol. The van der Waals surface area contributed by atoms with E-state index in [2.05, 4.69) is 40.6 Å². The number of rotatable bonds is 2. The summed E-state index contributed by atoms with van der Waals surface area (Å²) in [6.45, 7) is 5.49. The second-order valence-corrected chi connectivity index (χ2v) is 4.70. The molecular formula is C14H18N2. The van der Waals surface area contributed by atoms with Crippen LogP contribution in [0.4, 0.5) is 0 Å². The van der Waals surface area contributed by atoms with E-state index in [0.29, 0.717) is 0 Å². The second-order valence-electron chi connectivity index (χ2n) is 4.70. The summed E-state index contributed by atoms with van der Waals surface area (Å²) in [4.78, 5) is 2.50. The average Bonchev–Trinajstić information content (AvgIpc) is 2.77. The fraction of sp³-hybridized carbons (Fsp3) is 0.429. The first-order chi connectivity index (χ1) is 7.92. The molecule has 1 aromatic carbocycles. The van der Waals surface area contributed by atoms with Crippen molar-refractivity contribution in [1.29, 1.82) is 0 Å². The Morgan fingerprint density at radius 2 is 2.06 bits per heavy atom. The molecule has 0 fully saturated rings. The second kappa shape index (κ2) is 4.40. The predicted octanol–water partition coefficient (Wildman–Crippen LogP) is 2.05. The molecule has 2 heterocycles. The quantitative estimate of drug-likeness (QED) is 0.758. The molecule has 16 heavy (non-hydrogen) atoms. The van der Waals surface area contributed by atoms with Gasteiger partial charge in [0.2, 0.25) is 0 Å². The van der Waals surface area contributed by atoms with Crippen LogP contribution in [0.25, 0.3) is 0 Å². The first-order valence-electron chi connectivity index (χ1n) is 6.10. The van der Waals surface area contributed by atoms with Gasteiger partial charge in [-0.3, -0.25) is 4.90 Å². The summed E-state index contributed by atoms with van der Waals surface area (Å²) in [7, 11) is 0. The zero-order valence-electron chi connectivity index (χ0n) is 9.58. The molecule has 0 atom stereocenters. The van der Waals surface area contributed by atoms with Gasteiger partial charge >= 0.3 is 0 Å². The molecule has 0 amide bonds. The molecule has 1 N–H and O–H groups in total. The summed E-state index contributed by atoms with van der Waals surface area (Å²) in [5.41, 5.74) is 4.42. The lowest BCUT2D eigenvalue weighted by molar-refractivity contribution is 0.290. The molecule has 84 valence electrons. The van der Waals surface area contributed by atoms with Gasteiger partial charge in [-0.05, 0) is 23.1 Å². The Labute approximate surface area is 97.0 Å². The Morgan fingerprint density at radius 3 is 2.94 bits per heavy atom. The number of nitrogens with one attached hydrogen (secondary N) is 1. The van der Waals surface area contributed by atoms with Gasteiger partial charge in [0, 0.05) is 32.7 Å². The highest BCUT2D eigenvalue weighted by Gasteiger charge is 2.12. The maximum absolute atomic E-state index is 3.39. The van der Waals surface area contributed by atoms with Crippen molar-refractivity contribution in [2.45, 2.75) is 26.1 Å². The molecule has 3 rings (SSSR count). The number of fused-ring (bicyclic) bond motifs is 1. The summed E-state index contributed by atoms with van der Waals surface area (Å²) in [6, 6.07) is 6.93. The van der Waals surface area contributed by atoms with Crippen LogP contribution in [0.3, 0.4) is 0 Å². The first kappa shape index (κ1) is 10.1. The van der Waals surface area contributed by atoms with Crippen LogP contribution in [0.2, 0.25) is 0 Å². The third kappa shape index (κ3) is 2.04. The molecule has 1 aromatic rings. The SMILES string of the molecule is C1=CCN(Cc2ccc3c(c2)CNC3)CC1. The number of benzene rings is 1. The van der Waals surface area contributed by atoms with Gasteiger partial charge in [0.1, 0.15) is 0 Å². The zero-order valence-corrected chi connectivity index (χ0v) is 9.58. The van der Waals surface area contributed by atoms with Gasteiger partial charge in [0.05, 0.1) is 0 Å². The number of nitrogens with zero attached hydrogens (tertiary/aromatic N) is 1. The lowest BCUT2D eigenvalue weighted by Crippen LogP contribution is -2.26. The molecule has 2 nitrogen and oxygen atoms in total. The van der Waals surface area contributed by atoms with Gasteiger partial charge in [-0.15, -0.1) is 0 Å². The highest BCUT2D eigenvalue weighted by Crippen LogP contribution is 2.18. The minimum Gasteiger partial charge on any atom is -0.309 e. The van der Waals surface area contributed by atoms with Gasteiger partial charge in [0.15, 0.2) is 0 Å². The number of hydrogen-bond donors (Lipinski definition) is 1. The van der Waals surface area contributed by atoms with E-state index in [-0.39, 0.29) is 0 Å². The van der Waals surface area contributed by atoms with Crippen LogP contribution in [-0.2, 0) is 19.6 Å². The molecule has 2 aliphatic rings. The Kier molecular flexibility index (Phi) is 2.77. The highest BCUT2D eigenvalue weighted by molar-refractivity contribution is 5.34.